The second-order valence-corrected chi connectivity index (χ2v) is 8.36. The Kier molecular flexibility index (Phi) is 2.36. The lowest BCUT2D eigenvalue weighted by Crippen LogP contribution is -2.65. The molecular formula is C15H22N4O2. The van der Waals surface area contributed by atoms with E-state index in [1.165, 1.54) is 19.3 Å². The fourth-order valence-electron chi connectivity index (χ4n) is 6.24. The fraction of sp³-hybridized carbons (Fsp3) is 0.800. The van der Waals surface area contributed by atoms with E-state index in [2.05, 4.69) is 34.1 Å². The Morgan fingerprint density at radius 1 is 1.19 bits per heavy atom. The number of hydrogen-bond donors (Lipinski definition) is 2. The van der Waals surface area contributed by atoms with Crippen LogP contribution in [0.5, 0.6) is 0 Å². The molecule has 0 aromatic carbocycles. The number of nitrogens with two attached hydrogens (primary N) is 1. The number of amides is 1. The highest BCUT2D eigenvalue weighted by Crippen LogP contribution is 2.66. The third-order valence-corrected chi connectivity index (χ3v) is 5.73. The zero-order valence-electron chi connectivity index (χ0n) is 12.6. The summed E-state index contributed by atoms with van der Waals surface area (Å²) >= 11 is 0. The number of carbonyl (C=O) groups excluding carboxylic acids is 1. The Morgan fingerprint density at radius 3 is 2.38 bits per heavy atom. The predicted molar refractivity (Wildman–Crippen MR) is 76.3 cm³/mol. The molecule has 21 heavy (non-hydrogen) atoms. The second-order valence-electron chi connectivity index (χ2n) is 8.36. The van der Waals surface area contributed by atoms with E-state index in [1.807, 2.05) is 0 Å². The number of carbonyl (C=O) groups is 1. The van der Waals surface area contributed by atoms with Crippen molar-refractivity contribution in [2.45, 2.75) is 57.9 Å². The smallest absolute Gasteiger partial charge is 0.277 e. The van der Waals surface area contributed by atoms with Gasteiger partial charge in [-0.25, -0.2) is 4.63 Å². The molecule has 4 aliphatic rings. The number of rotatable bonds is 2. The van der Waals surface area contributed by atoms with E-state index in [1.54, 1.807) is 0 Å². The quantitative estimate of drug-likeness (QED) is 0.870. The Balaban J connectivity index is 1.63. The van der Waals surface area contributed by atoms with Gasteiger partial charge in [-0.1, -0.05) is 13.8 Å². The molecule has 1 aromatic rings. The molecule has 5 rings (SSSR count). The van der Waals surface area contributed by atoms with Gasteiger partial charge >= 0.3 is 0 Å². The maximum atomic E-state index is 12.5. The molecule has 114 valence electrons. The van der Waals surface area contributed by atoms with E-state index in [9.17, 15) is 4.79 Å². The van der Waals surface area contributed by atoms with Crippen LogP contribution in [-0.2, 0) is 0 Å². The van der Waals surface area contributed by atoms with Crippen molar-refractivity contribution < 1.29 is 9.42 Å². The van der Waals surface area contributed by atoms with Gasteiger partial charge in [0, 0.05) is 5.54 Å². The predicted octanol–water partition coefficient (Wildman–Crippen LogP) is 2.13. The summed E-state index contributed by atoms with van der Waals surface area (Å²) in [6.07, 6.45) is 7.07. The van der Waals surface area contributed by atoms with Crippen molar-refractivity contribution in [2.75, 3.05) is 5.73 Å². The Labute approximate surface area is 123 Å². The van der Waals surface area contributed by atoms with Gasteiger partial charge in [-0.3, -0.25) is 4.79 Å². The summed E-state index contributed by atoms with van der Waals surface area (Å²) in [5.74, 6) is 0.543. The minimum absolute atomic E-state index is 0.0645. The van der Waals surface area contributed by atoms with Crippen molar-refractivity contribution in [3.63, 3.8) is 0 Å². The number of aromatic nitrogens is 2. The van der Waals surface area contributed by atoms with E-state index >= 15 is 0 Å². The standard InChI is InChI=1S/C15H22N4O2/c1-13-3-9-4-14(2,6-13)8-15(5-9,7-13)17-12(20)10-11(16)19-21-18-10/h9H,3-8H2,1-2H3,(H2,16,19)(H,17,20). The first-order chi connectivity index (χ1) is 9.81. The molecule has 0 spiro atoms. The summed E-state index contributed by atoms with van der Waals surface area (Å²) < 4.78 is 4.54. The molecule has 2 unspecified atom stereocenters. The van der Waals surface area contributed by atoms with Gasteiger partial charge in [0.05, 0.1) is 0 Å². The number of nitrogens with one attached hydrogen (secondary N) is 1. The highest BCUT2D eigenvalue weighted by atomic mass is 16.6. The van der Waals surface area contributed by atoms with Crippen molar-refractivity contribution in [1.82, 2.24) is 15.6 Å². The van der Waals surface area contributed by atoms with E-state index in [4.69, 9.17) is 5.73 Å². The minimum Gasteiger partial charge on any atom is -0.379 e. The molecule has 6 heteroatoms. The van der Waals surface area contributed by atoms with Crippen molar-refractivity contribution in [1.29, 1.82) is 0 Å². The van der Waals surface area contributed by atoms with Gasteiger partial charge in [-0.05, 0) is 65.6 Å². The first kappa shape index (κ1) is 13.1. The average Bonchev–Trinajstić information content (AvgIpc) is 2.69. The third kappa shape index (κ3) is 1.95. The minimum atomic E-state index is -0.247. The molecule has 1 heterocycles. The van der Waals surface area contributed by atoms with Crippen LogP contribution in [0.1, 0.15) is 62.9 Å². The Bertz CT molecular complexity index is 593. The van der Waals surface area contributed by atoms with E-state index in [0.29, 0.717) is 10.8 Å². The van der Waals surface area contributed by atoms with Gasteiger partial charge in [0.2, 0.25) is 11.5 Å². The SMILES string of the molecule is CC12CC3CC(C)(C1)CC(NC(=O)c1nonc1N)(C3)C2. The zero-order chi connectivity index (χ0) is 14.9. The van der Waals surface area contributed by atoms with Crippen LogP contribution in [-0.4, -0.2) is 21.8 Å². The van der Waals surface area contributed by atoms with Gasteiger partial charge in [0.25, 0.3) is 5.91 Å². The molecule has 1 amide bonds. The van der Waals surface area contributed by atoms with E-state index < -0.39 is 0 Å². The summed E-state index contributed by atoms with van der Waals surface area (Å²) in [5.41, 5.74) is 6.35. The molecule has 0 saturated heterocycles. The van der Waals surface area contributed by atoms with Crippen LogP contribution in [0, 0.1) is 16.7 Å². The van der Waals surface area contributed by atoms with Crippen LogP contribution in [0.15, 0.2) is 4.63 Å². The highest BCUT2D eigenvalue weighted by Gasteiger charge is 2.60. The molecule has 0 radical (unpaired) electrons. The topological polar surface area (TPSA) is 94.0 Å². The molecule has 4 aliphatic carbocycles. The molecular weight excluding hydrogens is 268 g/mol. The van der Waals surface area contributed by atoms with Crippen molar-refractivity contribution in [2.24, 2.45) is 16.7 Å². The molecule has 4 fully saturated rings. The lowest BCUT2D eigenvalue weighted by atomic mass is 9.43. The lowest BCUT2D eigenvalue weighted by Gasteiger charge is -2.65. The summed E-state index contributed by atoms with van der Waals surface area (Å²) in [6, 6.07) is 0. The number of hydrogen-bond acceptors (Lipinski definition) is 5. The summed E-state index contributed by atoms with van der Waals surface area (Å²) in [7, 11) is 0. The molecule has 6 nitrogen and oxygen atoms in total. The molecule has 1 aromatic heterocycles. The molecule has 4 saturated carbocycles. The van der Waals surface area contributed by atoms with Crippen molar-refractivity contribution in [3.05, 3.63) is 5.69 Å². The summed E-state index contributed by atoms with van der Waals surface area (Å²) in [4.78, 5) is 12.5. The van der Waals surface area contributed by atoms with Gasteiger partial charge in [-0.2, -0.15) is 0 Å². The fourth-order valence-corrected chi connectivity index (χ4v) is 6.24. The first-order valence-corrected chi connectivity index (χ1v) is 7.71. The number of anilines is 1. The molecule has 0 aliphatic heterocycles. The Morgan fingerprint density at radius 2 is 1.86 bits per heavy atom. The second kappa shape index (κ2) is 3.78. The van der Waals surface area contributed by atoms with Crippen LogP contribution in [0.3, 0.4) is 0 Å². The van der Waals surface area contributed by atoms with Crippen LogP contribution in [0.25, 0.3) is 0 Å². The molecule has 4 bridgehead atoms. The summed E-state index contributed by atoms with van der Waals surface area (Å²) in [5, 5.41) is 10.4. The van der Waals surface area contributed by atoms with Gasteiger partial charge in [-0.15, -0.1) is 0 Å². The first-order valence-electron chi connectivity index (χ1n) is 7.71. The van der Waals surface area contributed by atoms with E-state index in [0.717, 1.165) is 25.2 Å². The third-order valence-electron chi connectivity index (χ3n) is 5.73. The zero-order valence-corrected chi connectivity index (χ0v) is 12.6. The van der Waals surface area contributed by atoms with Crippen LogP contribution in [0.2, 0.25) is 0 Å². The van der Waals surface area contributed by atoms with E-state index in [-0.39, 0.29) is 23.0 Å². The van der Waals surface area contributed by atoms with Crippen molar-refractivity contribution in [3.8, 4) is 0 Å². The largest absolute Gasteiger partial charge is 0.379 e. The maximum Gasteiger partial charge on any atom is 0.277 e. The number of nitrogens with zero attached hydrogens (tertiary/aromatic N) is 2. The van der Waals surface area contributed by atoms with Crippen LogP contribution < -0.4 is 11.1 Å². The summed E-state index contributed by atoms with van der Waals surface area (Å²) in [6.45, 7) is 4.76. The van der Waals surface area contributed by atoms with Gasteiger partial charge in [0.15, 0.2) is 0 Å². The Hall–Kier alpha value is -1.59. The monoisotopic (exact) mass is 290 g/mol. The van der Waals surface area contributed by atoms with Gasteiger partial charge < -0.3 is 11.1 Å². The van der Waals surface area contributed by atoms with Crippen molar-refractivity contribution >= 4 is 11.7 Å². The van der Waals surface area contributed by atoms with Crippen LogP contribution >= 0.6 is 0 Å². The van der Waals surface area contributed by atoms with Gasteiger partial charge in [0.1, 0.15) is 0 Å². The highest BCUT2D eigenvalue weighted by molar-refractivity contribution is 5.96. The normalized spacial score (nSPS) is 44.0. The lowest BCUT2D eigenvalue weighted by molar-refractivity contribution is -0.114. The van der Waals surface area contributed by atoms with Crippen LogP contribution in [0.4, 0.5) is 5.82 Å². The number of nitrogen functional groups attached to an aromatic ring is 1. The molecule has 3 N–H and O–H groups in total. The molecule has 2 atom stereocenters. The maximum absolute atomic E-state index is 12.5. The average molecular weight is 290 g/mol.